The third-order valence-corrected chi connectivity index (χ3v) is 2.44. The number of benzene rings is 2. The number of nitrogens with zero attached hydrogens (tertiary/aromatic N) is 1. The first-order chi connectivity index (χ1) is 9.67. The summed E-state index contributed by atoms with van der Waals surface area (Å²) in [6, 6.07) is 11.6. The van der Waals surface area contributed by atoms with Crippen molar-refractivity contribution in [2.75, 3.05) is 13.2 Å². The van der Waals surface area contributed by atoms with Crippen LogP contribution in [0.4, 0.5) is 8.78 Å². The number of ether oxygens (including phenoxy) is 2. The van der Waals surface area contributed by atoms with Crippen molar-refractivity contribution < 1.29 is 18.3 Å². The fraction of sp³-hybridized carbons (Fsp3) is 0.133. The van der Waals surface area contributed by atoms with Crippen LogP contribution in [0.15, 0.2) is 42.5 Å². The number of hydrogen-bond acceptors (Lipinski definition) is 3. The Morgan fingerprint density at radius 1 is 0.850 bits per heavy atom. The fourth-order valence-corrected chi connectivity index (χ4v) is 1.56. The predicted molar refractivity (Wildman–Crippen MR) is 68.5 cm³/mol. The molecule has 5 heteroatoms. The van der Waals surface area contributed by atoms with E-state index in [4.69, 9.17) is 14.7 Å². The van der Waals surface area contributed by atoms with E-state index in [2.05, 4.69) is 0 Å². The standard InChI is InChI=1S/C15H11F2NO2/c16-12-7-13(17)9-15(8-12)20-6-5-19-14-3-1-11(10-18)2-4-14/h1-4,7-9H,5-6H2. The van der Waals surface area contributed by atoms with Gasteiger partial charge in [0.05, 0.1) is 11.6 Å². The minimum atomic E-state index is -0.687. The van der Waals surface area contributed by atoms with E-state index in [9.17, 15) is 8.78 Å². The number of nitriles is 1. The van der Waals surface area contributed by atoms with Crippen molar-refractivity contribution in [3.63, 3.8) is 0 Å². The second-order valence-corrected chi connectivity index (χ2v) is 3.94. The maximum Gasteiger partial charge on any atom is 0.129 e. The quantitative estimate of drug-likeness (QED) is 0.786. The van der Waals surface area contributed by atoms with Gasteiger partial charge >= 0.3 is 0 Å². The van der Waals surface area contributed by atoms with Crippen molar-refractivity contribution in [3.05, 3.63) is 59.7 Å². The van der Waals surface area contributed by atoms with Crippen LogP contribution >= 0.6 is 0 Å². The van der Waals surface area contributed by atoms with Crippen LogP contribution in [0.25, 0.3) is 0 Å². The van der Waals surface area contributed by atoms with Crippen LogP contribution in [0.1, 0.15) is 5.56 Å². The first kappa shape index (κ1) is 13.8. The molecule has 0 aromatic heterocycles. The van der Waals surface area contributed by atoms with Crippen LogP contribution in [-0.4, -0.2) is 13.2 Å². The van der Waals surface area contributed by atoms with Crippen molar-refractivity contribution in [1.82, 2.24) is 0 Å². The van der Waals surface area contributed by atoms with Gasteiger partial charge in [0.1, 0.15) is 36.3 Å². The highest BCUT2D eigenvalue weighted by Crippen LogP contribution is 2.15. The molecule has 0 heterocycles. The lowest BCUT2D eigenvalue weighted by molar-refractivity contribution is 0.216. The minimum absolute atomic E-state index is 0.117. The molecule has 3 nitrogen and oxygen atoms in total. The molecule has 0 fully saturated rings. The van der Waals surface area contributed by atoms with Crippen molar-refractivity contribution in [2.24, 2.45) is 0 Å². The Labute approximate surface area is 115 Å². The molecule has 0 saturated carbocycles. The lowest BCUT2D eigenvalue weighted by Gasteiger charge is -2.08. The van der Waals surface area contributed by atoms with E-state index in [0.29, 0.717) is 11.3 Å². The van der Waals surface area contributed by atoms with Gasteiger partial charge in [-0.15, -0.1) is 0 Å². The molecule has 0 radical (unpaired) electrons. The Balaban J connectivity index is 1.79. The summed E-state index contributed by atoms with van der Waals surface area (Å²) < 4.78 is 36.3. The molecule has 2 rings (SSSR count). The molecule has 0 aliphatic heterocycles. The molecule has 0 N–H and O–H groups in total. The van der Waals surface area contributed by atoms with E-state index in [-0.39, 0.29) is 19.0 Å². The third kappa shape index (κ3) is 3.95. The molecule has 0 bridgehead atoms. The van der Waals surface area contributed by atoms with E-state index < -0.39 is 11.6 Å². The van der Waals surface area contributed by atoms with Gasteiger partial charge in [-0.25, -0.2) is 8.78 Å². The lowest BCUT2D eigenvalue weighted by atomic mass is 10.2. The smallest absolute Gasteiger partial charge is 0.129 e. The zero-order valence-electron chi connectivity index (χ0n) is 10.5. The summed E-state index contributed by atoms with van der Waals surface area (Å²) in [5.74, 6) is -0.662. The summed E-state index contributed by atoms with van der Waals surface area (Å²) in [6.45, 7) is 0.382. The average molecular weight is 275 g/mol. The van der Waals surface area contributed by atoms with E-state index in [1.165, 1.54) is 0 Å². The topological polar surface area (TPSA) is 42.2 Å². The normalized spacial score (nSPS) is 9.85. The van der Waals surface area contributed by atoms with E-state index in [1.807, 2.05) is 6.07 Å². The molecule has 0 aliphatic rings. The Kier molecular flexibility index (Phi) is 4.51. The third-order valence-electron chi connectivity index (χ3n) is 2.44. The van der Waals surface area contributed by atoms with Gasteiger partial charge in [0.2, 0.25) is 0 Å². The van der Waals surface area contributed by atoms with Gasteiger partial charge in [-0.2, -0.15) is 5.26 Å². The molecule has 0 spiro atoms. The van der Waals surface area contributed by atoms with E-state index in [1.54, 1.807) is 24.3 Å². The molecule has 0 saturated heterocycles. The Hall–Kier alpha value is -2.61. The van der Waals surface area contributed by atoms with Gasteiger partial charge in [0, 0.05) is 18.2 Å². The summed E-state index contributed by atoms with van der Waals surface area (Å²) in [4.78, 5) is 0. The largest absolute Gasteiger partial charge is 0.490 e. The van der Waals surface area contributed by atoms with Gasteiger partial charge < -0.3 is 9.47 Å². The maximum absolute atomic E-state index is 12.9. The average Bonchev–Trinajstić information content (AvgIpc) is 2.43. The molecule has 0 unspecified atom stereocenters. The van der Waals surface area contributed by atoms with Crippen LogP contribution in [-0.2, 0) is 0 Å². The summed E-state index contributed by atoms with van der Waals surface area (Å²) in [7, 11) is 0. The summed E-state index contributed by atoms with van der Waals surface area (Å²) in [5.41, 5.74) is 0.545. The summed E-state index contributed by atoms with van der Waals surface area (Å²) >= 11 is 0. The second-order valence-electron chi connectivity index (χ2n) is 3.94. The summed E-state index contributed by atoms with van der Waals surface area (Å²) in [6.07, 6.45) is 0. The predicted octanol–water partition coefficient (Wildman–Crippen LogP) is 3.29. The van der Waals surface area contributed by atoms with E-state index in [0.717, 1.165) is 18.2 Å². The number of rotatable bonds is 5. The molecule has 0 amide bonds. The van der Waals surface area contributed by atoms with Gasteiger partial charge in [0.25, 0.3) is 0 Å². The van der Waals surface area contributed by atoms with Crippen molar-refractivity contribution in [2.45, 2.75) is 0 Å². The van der Waals surface area contributed by atoms with Crippen LogP contribution in [0.2, 0.25) is 0 Å². The fourth-order valence-electron chi connectivity index (χ4n) is 1.56. The molecule has 2 aromatic carbocycles. The van der Waals surface area contributed by atoms with Gasteiger partial charge in [-0.3, -0.25) is 0 Å². The number of hydrogen-bond donors (Lipinski definition) is 0. The van der Waals surface area contributed by atoms with Crippen LogP contribution in [0, 0.1) is 23.0 Å². The van der Waals surface area contributed by atoms with Crippen LogP contribution < -0.4 is 9.47 Å². The highest BCUT2D eigenvalue weighted by Gasteiger charge is 2.01. The van der Waals surface area contributed by atoms with E-state index >= 15 is 0 Å². The zero-order valence-corrected chi connectivity index (χ0v) is 10.5. The highest BCUT2D eigenvalue weighted by atomic mass is 19.1. The molecule has 102 valence electrons. The zero-order chi connectivity index (χ0) is 14.4. The lowest BCUT2D eigenvalue weighted by Crippen LogP contribution is -2.09. The molecule has 2 aromatic rings. The van der Waals surface area contributed by atoms with Crippen LogP contribution in [0.5, 0.6) is 11.5 Å². The van der Waals surface area contributed by atoms with Crippen molar-refractivity contribution in [3.8, 4) is 17.6 Å². The van der Waals surface area contributed by atoms with Gasteiger partial charge in [-0.05, 0) is 24.3 Å². The molecule has 20 heavy (non-hydrogen) atoms. The first-order valence-corrected chi connectivity index (χ1v) is 5.89. The maximum atomic E-state index is 12.9. The number of halogens is 2. The van der Waals surface area contributed by atoms with Gasteiger partial charge in [0.15, 0.2) is 0 Å². The monoisotopic (exact) mass is 275 g/mol. The Bertz CT molecular complexity index is 601. The molecule has 0 atom stereocenters. The second kappa shape index (κ2) is 6.53. The SMILES string of the molecule is N#Cc1ccc(OCCOc2cc(F)cc(F)c2)cc1. The first-order valence-electron chi connectivity index (χ1n) is 5.89. The van der Waals surface area contributed by atoms with Crippen LogP contribution in [0.3, 0.4) is 0 Å². The molecular formula is C15H11F2NO2. The highest BCUT2D eigenvalue weighted by molar-refractivity contribution is 5.34. The Morgan fingerprint density at radius 3 is 1.95 bits per heavy atom. The summed E-state index contributed by atoms with van der Waals surface area (Å²) in [5, 5.41) is 8.64. The van der Waals surface area contributed by atoms with Crippen molar-refractivity contribution >= 4 is 0 Å². The molecular weight excluding hydrogens is 264 g/mol. The minimum Gasteiger partial charge on any atom is -0.490 e. The molecule has 0 aliphatic carbocycles. The van der Waals surface area contributed by atoms with Gasteiger partial charge in [-0.1, -0.05) is 0 Å². The Morgan fingerprint density at radius 2 is 1.40 bits per heavy atom. The van der Waals surface area contributed by atoms with Crippen molar-refractivity contribution in [1.29, 1.82) is 5.26 Å².